The van der Waals surface area contributed by atoms with Crippen molar-refractivity contribution in [3.63, 3.8) is 0 Å². The molecule has 1 aromatic carbocycles. The summed E-state index contributed by atoms with van der Waals surface area (Å²) in [5, 5.41) is 4.69. The molecule has 0 spiro atoms. The molecule has 1 amide bonds. The Labute approximate surface area is 152 Å². The lowest BCUT2D eigenvalue weighted by Crippen LogP contribution is -2.17. The van der Waals surface area contributed by atoms with Gasteiger partial charge in [0.05, 0.1) is 16.9 Å². The zero-order valence-electron chi connectivity index (χ0n) is 13.0. The molecule has 2 heterocycles. The summed E-state index contributed by atoms with van der Waals surface area (Å²) in [4.78, 5) is 21.1. The second-order valence-electron chi connectivity index (χ2n) is 5.01. The number of hydrogen-bond acceptors (Lipinski definition) is 5. The second-order valence-corrected chi connectivity index (χ2v) is 6.42. The first kappa shape index (κ1) is 17.2. The fourth-order valence-electron chi connectivity index (χ4n) is 2.06. The molecule has 0 fully saturated rings. The van der Waals surface area contributed by atoms with E-state index in [1.54, 1.807) is 31.5 Å². The van der Waals surface area contributed by atoms with Gasteiger partial charge in [0.1, 0.15) is 15.7 Å². The molecule has 3 rings (SSSR count). The van der Waals surface area contributed by atoms with Crippen molar-refractivity contribution in [3.8, 4) is 10.6 Å². The molecule has 25 heavy (non-hydrogen) atoms. The number of carbonyl (C=O) groups excluding carboxylic acids is 1. The number of pyridine rings is 1. The normalized spacial score (nSPS) is 11.0. The van der Waals surface area contributed by atoms with E-state index in [0.717, 1.165) is 5.56 Å². The van der Waals surface area contributed by atoms with E-state index in [-0.39, 0.29) is 10.6 Å². The number of hydrogen-bond donors (Lipinski definition) is 1. The summed E-state index contributed by atoms with van der Waals surface area (Å²) in [5.41, 5.74) is 3.89. The highest BCUT2D eigenvalue weighted by atomic mass is 35.5. The molecule has 0 atom stereocenters. The molecule has 2 aromatic heterocycles. The third-order valence-electron chi connectivity index (χ3n) is 3.27. The first-order valence-electron chi connectivity index (χ1n) is 7.21. The zero-order chi connectivity index (χ0) is 17.8. The van der Waals surface area contributed by atoms with Crippen LogP contribution in [-0.2, 0) is 0 Å². The third-order valence-corrected chi connectivity index (χ3v) is 4.81. The van der Waals surface area contributed by atoms with Gasteiger partial charge in [-0.2, -0.15) is 5.10 Å². The number of benzene rings is 1. The minimum atomic E-state index is -0.515. The summed E-state index contributed by atoms with van der Waals surface area (Å²) >= 11 is 7.14. The number of hydrazone groups is 1. The van der Waals surface area contributed by atoms with Gasteiger partial charge in [0.25, 0.3) is 5.91 Å². The average molecular weight is 375 g/mol. The van der Waals surface area contributed by atoms with Crippen LogP contribution >= 0.6 is 22.9 Å². The van der Waals surface area contributed by atoms with Gasteiger partial charge in [-0.1, -0.05) is 17.7 Å². The number of carbonyl (C=O) groups is 1. The molecule has 0 saturated heterocycles. The Kier molecular flexibility index (Phi) is 5.16. The van der Waals surface area contributed by atoms with E-state index in [9.17, 15) is 9.18 Å². The number of halogens is 2. The minimum absolute atomic E-state index is 0.113. The standard InChI is InChI=1S/C17H12ClFN4OS/c1-10-15(25-17(22-10)11-4-3-7-20-8-11)16(24)23-21-9-12-13(18)5-2-6-14(12)19/h2-9H,1H3,(H,23,24). The van der Waals surface area contributed by atoms with Gasteiger partial charge in [-0.25, -0.2) is 14.8 Å². The molecule has 0 saturated carbocycles. The van der Waals surface area contributed by atoms with Gasteiger partial charge in [0, 0.05) is 23.5 Å². The van der Waals surface area contributed by atoms with Crippen molar-refractivity contribution in [3.05, 3.63) is 69.7 Å². The predicted molar refractivity (Wildman–Crippen MR) is 96.6 cm³/mol. The van der Waals surface area contributed by atoms with E-state index in [2.05, 4.69) is 20.5 Å². The maximum atomic E-state index is 13.7. The number of nitrogens with zero attached hydrogens (tertiary/aromatic N) is 3. The molecule has 0 radical (unpaired) electrons. The summed E-state index contributed by atoms with van der Waals surface area (Å²) in [6, 6.07) is 7.97. The van der Waals surface area contributed by atoms with Gasteiger partial charge in [0.15, 0.2) is 0 Å². The summed E-state index contributed by atoms with van der Waals surface area (Å²) in [5.74, 6) is -0.938. The highest BCUT2D eigenvalue weighted by Crippen LogP contribution is 2.27. The summed E-state index contributed by atoms with van der Waals surface area (Å²) in [7, 11) is 0. The number of aryl methyl sites for hydroxylation is 1. The summed E-state index contributed by atoms with van der Waals surface area (Å²) in [6.07, 6.45) is 4.52. The van der Waals surface area contributed by atoms with E-state index in [1.807, 2.05) is 6.07 Å². The lowest BCUT2D eigenvalue weighted by molar-refractivity contribution is 0.0958. The highest BCUT2D eigenvalue weighted by molar-refractivity contribution is 7.17. The third kappa shape index (κ3) is 3.89. The maximum Gasteiger partial charge on any atom is 0.283 e. The van der Waals surface area contributed by atoms with Crippen LogP contribution in [0.2, 0.25) is 5.02 Å². The summed E-state index contributed by atoms with van der Waals surface area (Å²) < 4.78 is 13.7. The number of rotatable bonds is 4. The number of amides is 1. The molecular weight excluding hydrogens is 363 g/mol. The fourth-order valence-corrected chi connectivity index (χ4v) is 3.22. The van der Waals surface area contributed by atoms with Crippen molar-refractivity contribution in [1.29, 1.82) is 0 Å². The second kappa shape index (κ2) is 7.50. The average Bonchev–Trinajstić information content (AvgIpc) is 3.00. The maximum absolute atomic E-state index is 13.7. The molecule has 8 heteroatoms. The Hall–Kier alpha value is -2.64. The molecule has 0 aliphatic rings. The molecule has 0 unspecified atom stereocenters. The van der Waals surface area contributed by atoms with Crippen LogP contribution in [0.15, 0.2) is 47.8 Å². The van der Waals surface area contributed by atoms with E-state index in [1.165, 1.54) is 29.7 Å². The molecule has 5 nitrogen and oxygen atoms in total. The molecule has 0 aliphatic heterocycles. The lowest BCUT2D eigenvalue weighted by atomic mass is 10.2. The Balaban J connectivity index is 1.76. The van der Waals surface area contributed by atoms with Gasteiger partial charge in [-0.3, -0.25) is 9.78 Å². The van der Waals surface area contributed by atoms with Gasteiger partial charge < -0.3 is 0 Å². The smallest absolute Gasteiger partial charge is 0.266 e. The first-order chi connectivity index (χ1) is 12.1. The van der Waals surface area contributed by atoms with Crippen LogP contribution in [0.4, 0.5) is 4.39 Å². The molecule has 3 aromatic rings. The van der Waals surface area contributed by atoms with Crippen molar-refractivity contribution in [2.45, 2.75) is 6.92 Å². The van der Waals surface area contributed by atoms with Gasteiger partial charge in [-0.15, -0.1) is 11.3 Å². The Morgan fingerprint density at radius 3 is 2.92 bits per heavy atom. The van der Waals surface area contributed by atoms with Crippen LogP contribution < -0.4 is 5.43 Å². The quantitative estimate of drug-likeness (QED) is 0.553. The van der Waals surface area contributed by atoms with Crippen LogP contribution in [0, 0.1) is 12.7 Å². The van der Waals surface area contributed by atoms with Crippen molar-refractivity contribution in [2.24, 2.45) is 5.10 Å². The molecule has 0 bridgehead atoms. The lowest BCUT2D eigenvalue weighted by Gasteiger charge is -2.00. The van der Waals surface area contributed by atoms with Gasteiger partial charge in [0.2, 0.25) is 0 Å². The van der Waals surface area contributed by atoms with Gasteiger partial charge in [-0.05, 0) is 31.2 Å². The Bertz CT molecular complexity index is 923. The predicted octanol–water partition coefficient (Wildman–Crippen LogP) is 4.07. The SMILES string of the molecule is Cc1nc(-c2cccnc2)sc1C(=O)NN=Cc1c(F)cccc1Cl. The van der Waals surface area contributed by atoms with E-state index in [0.29, 0.717) is 15.6 Å². The molecule has 1 N–H and O–H groups in total. The topological polar surface area (TPSA) is 67.2 Å². The highest BCUT2D eigenvalue weighted by Gasteiger charge is 2.16. The van der Waals surface area contributed by atoms with Crippen molar-refractivity contribution in [1.82, 2.24) is 15.4 Å². The molecular formula is C17H12ClFN4OS. The Morgan fingerprint density at radius 2 is 2.20 bits per heavy atom. The van der Waals surface area contributed by atoms with E-state index < -0.39 is 11.7 Å². The monoisotopic (exact) mass is 374 g/mol. The Morgan fingerprint density at radius 1 is 1.36 bits per heavy atom. The van der Waals surface area contributed by atoms with Crippen molar-refractivity contribution >= 4 is 35.1 Å². The van der Waals surface area contributed by atoms with E-state index >= 15 is 0 Å². The number of thiazole rings is 1. The van der Waals surface area contributed by atoms with Crippen LogP contribution in [0.3, 0.4) is 0 Å². The van der Waals surface area contributed by atoms with Crippen LogP contribution in [-0.4, -0.2) is 22.1 Å². The number of aromatic nitrogens is 2. The first-order valence-corrected chi connectivity index (χ1v) is 8.41. The van der Waals surface area contributed by atoms with Crippen LogP contribution in [0.1, 0.15) is 20.9 Å². The van der Waals surface area contributed by atoms with Crippen LogP contribution in [0.5, 0.6) is 0 Å². The molecule has 0 aliphatic carbocycles. The van der Waals surface area contributed by atoms with Gasteiger partial charge >= 0.3 is 0 Å². The fraction of sp³-hybridized carbons (Fsp3) is 0.0588. The van der Waals surface area contributed by atoms with Crippen molar-refractivity contribution < 1.29 is 9.18 Å². The zero-order valence-corrected chi connectivity index (χ0v) is 14.6. The molecule has 126 valence electrons. The largest absolute Gasteiger partial charge is 0.283 e. The van der Waals surface area contributed by atoms with Crippen molar-refractivity contribution in [2.75, 3.05) is 0 Å². The van der Waals surface area contributed by atoms with E-state index in [4.69, 9.17) is 11.6 Å². The van der Waals surface area contributed by atoms with Crippen LogP contribution in [0.25, 0.3) is 10.6 Å². The summed E-state index contributed by atoms with van der Waals surface area (Å²) in [6.45, 7) is 1.74. The number of nitrogens with one attached hydrogen (secondary N) is 1. The minimum Gasteiger partial charge on any atom is -0.266 e.